The van der Waals surface area contributed by atoms with E-state index in [1.54, 1.807) is 36.4 Å². The molecule has 0 atom stereocenters. The van der Waals surface area contributed by atoms with Crippen LogP contribution in [0.15, 0.2) is 58.4 Å². The van der Waals surface area contributed by atoms with Crippen LogP contribution in [0.2, 0.25) is 0 Å². The smallest absolute Gasteiger partial charge is 0.281 e. The van der Waals surface area contributed by atoms with Gasteiger partial charge in [0, 0.05) is 15.6 Å². The Kier molecular flexibility index (Phi) is 5.69. The fraction of sp³-hybridized carbons (Fsp3) is 0.222. The Hall–Kier alpha value is -4.11. The van der Waals surface area contributed by atoms with Gasteiger partial charge in [-0.25, -0.2) is 5.43 Å². The molecule has 8 nitrogen and oxygen atoms in total. The maximum absolute atomic E-state index is 13.2. The van der Waals surface area contributed by atoms with Crippen LogP contribution in [0.3, 0.4) is 0 Å². The molecule has 2 aromatic heterocycles. The number of ether oxygens (including phenoxy) is 2. The Labute approximate surface area is 210 Å². The first kappa shape index (κ1) is 22.4. The number of hydrazone groups is 1. The minimum atomic E-state index is -0.328. The first-order chi connectivity index (χ1) is 17.6. The molecule has 0 unspecified atom stereocenters. The zero-order chi connectivity index (χ0) is 24.6. The molecule has 6 rings (SSSR count). The molecule has 0 fully saturated rings. The van der Waals surface area contributed by atoms with Gasteiger partial charge in [-0.05, 0) is 61.1 Å². The van der Waals surface area contributed by atoms with Crippen LogP contribution in [0.25, 0.3) is 10.8 Å². The van der Waals surface area contributed by atoms with Gasteiger partial charge in [0.1, 0.15) is 0 Å². The predicted octanol–water partition coefficient (Wildman–Crippen LogP) is 4.19. The summed E-state index contributed by atoms with van der Waals surface area (Å²) in [7, 11) is 0. The number of nitrogens with zero attached hydrogens (tertiary/aromatic N) is 2. The van der Waals surface area contributed by atoms with Gasteiger partial charge in [0.15, 0.2) is 11.5 Å². The monoisotopic (exact) mass is 501 g/mol. The van der Waals surface area contributed by atoms with Crippen molar-refractivity contribution in [3.63, 3.8) is 0 Å². The third-order valence-electron chi connectivity index (χ3n) is 6.55. The molecule has 0 bridgehead atoms. The van der Waals surface area contributed by atoms with Crippen molar-refractivity contribution in [1.82, 2.24) is 9.99 Å². The van der Waals surface area contributed by atoms with Gasteiger partial charge >= 0.3 is 0 Å². The second kappa shape index (κ2) is 9.16. The summed E-state index contributed by atoms with van der Waals surface area (Å²) in [5.41, 5.74) is 4.61. The summed E-state index contributed by atoms with van der Waals surface area (Å²) < 4.78 is 12.1. The molecule has 2 aromatic carbocycles. The summed E-state index contributed by atoms with van der Waals surface area (Å²) in [6, 6.07) is 14.4. The highest BCUT2D eigenvalue weighted by molar-refractivity contribution is 7.14. The maximum Gasteiger partial charge on any atom is 0.281 e. The number of hydrogen-bond acceptors (Lipinski definition) is 7. The number of thiophene rings is 1. The molecule has 0 radical (unpaired) electrons. The second-order valence-corrected chi connectivity index (χ2v) is 9.96. The van der Waals surface area contributed by atoms with Gasteiger partial charge in [-0.2, -0.15) is 5.10 Å². The first-order valence-corrected chi connectivity index (χ1v) is 12.6. The molecule has 182 valence electrons. The Morgan fingerprint density at radius 1 is 1.08 bits per heavy atom. The number of rotatable bonds is 5. The summed E-state index contributed by atoms with van der Waals surface area (Å²) in [5.74, 6) is 0.716. The van der Waals surface area contributed by atoms with Gasteiger partial charge < -0.3 is 14.6 Å². The van der Waals surface area contributed by atoms with E-state index in [0.29, 0.717) is 32.7 Å². The number of fused-ring (bicyclic) bond motifs is 3. The third-order valence-corrected chi connectivity index (χ3v) is 7.78. The number of aromatic hydroxyl groups is 1. The Morgan fingerprint density at radius 3 is 2.75 bits per heavy atom. The minimum Gasteiger partial charge on any atom is -0.494 e. The molecule has 3 heterocycles. The summed E-state index contributed by atoms with van der Waals surface area (Å²) >= 11 is 1.51. The Balaban J connectivity index is 1.32. The van der Waals surface area contributed by atoms with E-state index < -0.39 is 0 Å². The van der Waals surface area contributed by atoms with Crippen molar-refractivity contribution in [2.45, 2.75) is 32.2 Å². The fourth-order valence-corrected chi connectivity index (χ4v) is 5.86. The number of aryl methyl sites for hydroxylation is 2. The zero-order valence-electron chi connectivity index (χ0n) is 19.3. The maximum atomic E-state index is 13.2. The van der Waals surface area contributed by atoms with E-state index >= 15 is 0 Å². The standard InChI is InChI=1S/C27H23N3O5S/c31-25(24-12-17-5-1-4-8-23(17)36-24)29-28-13-20-18-6-2-3-7-19(18)26(32)30(27(20)33)14-16-9-10-21-22(11-16)35-15-34-21/h2-3,6-7,9-13,33H,1,4-5,8,14-15H2,(H,29,31)/b28-13+. The molecule has 0 saturated heterocycles. The fourth-order valence-electron chi connectivity index (χ4n) is 4.72. The number of aromatic nitrogens is 1. The number of pyridine rings is 1. The Morgan fingerprint density at radius 2 is 1.89 bits per heavy atom. The lowest BCUT2D eigenvalue weighted by Gasteiger charge is -2.14. The topological polar surface area (TPSA) is 102 Å². The van der Waals surface area contributed by atoms with Gasteiger partial charge in [-0.15, -0.1) is 11.3 Å². The molecule has 0 saturated carbocycles. The van der Waals surface area contributed by atoms with Crippen LogP contribution in [-0.4, -0.2) is 28.6 Å². The van der Waals surface area contributed by atoms with E-state index in [0.717, 1.165) is 31.2 Å². The zero-order valence-corrected chi connectivity index (χ0v) is 20.1. The minimum absolute atomic E-state index is 0.125. The average Bonchev–Trinajstić information content (AvgIpc) is 3.55. The number of benzene rings is 2. The second-order valence-electron chi connectivity index (χ2n) is 8.83. The van der Waals surface area contributed by atoms with E-state index in [-0.39, 0.29) is 30.7 Å². The van der Waals surface area contributed by atoms with Gasteiger partial charge in [0.05, 0.1) is 23.2 Å². The van der Waals surface area contributed by atoms with E-state index in [2.05, 4.69) is 10.5 Å². The highest BCUT2D eigenvalue weighted by Crippen LogP contribution is 2.33. The highest BCUT2D eigenvalue weighted by Gasteiger charge is 2.19. The summed E-state index contributed by atoms with van der Waals surface area (Å²) in [6.07, 6.45) is 5.71. The molecular weight excluding hydrogens is 478 g/mol. The average molecular weight is 502 g/mol. The number of carbonyl (C=O) groups is 1. The number of carbonyl (C=O) groups excluding carboxylic acids is 1. The van der Waals surface area contributed by atoms with Crippen LogP contribution in [0.5, 0.6) is 17.4 Å². The SMILES string of the molecule is O=C(N/N=C/c1c(O)n(Cc2ccc3c(c2)OCO3)c(=O)c2ccccc12)c1cc2c(s1)CCCC2. The van der Waals surface area contributed by atoms with Crippen molar-refractivity contribution in [3.05, 3.63) is 85.3 Å². The molecule has 4 aromatic rings. The van der Waals surface area contributed by atoms with E-state index in [4.69, 9.17) is 9.47 Å². The van der Waals surface area contributed by atoms with Gasteiger partial charge in [0.2, 0.25) is 12.7 Å². The largest absolute Gasteiger partial charge is 0.494 e. The molecular formula is C27H23N3O5S. The highest BCUT2D eigenvalue weighted by atomic mass is 32.1. The van der Waals surface area contributed by atoms with Crippen LogP contribution >= 0.6 is 11.3 Å². The number of amides is 1. The van der Waals surface area contributed by atoms with Crippen LogP contribution in [0, 0.1) is 0 Å². The molecule has 1 aliphatic carbocycles. The van der Waals surface area contributed by atoms with Gasteiger partial charge in [0.25, 0.3) is 11.5 Å². The molecule has 0 spiro atoms. The summed E-state index contributed by atoms with van der Waals surface area (Å²) in [5, 5.41) is 16.2. The van der Waals surface area contributed by atoms with E-state index in [1.807, 2.05) is 12.1 Å². The van der Waals surface area contributed by atoms with Crippen LogP contribution in [-0.2, 0) is 19.4 Å². The predicted molar refractivity (Wildman–Crippen MR) is 138 cm³/mol. The lowest BCUT2D eigenvalue weighted by molar-refractivity contribution is 0.0959. The summed E-state index contributed by atoms with van der Waals surface area (Å²) in [4.78, 5) is 27.8. The van der Waals surface area contributed by atoms with Crippen molar-refractivity contribution in [3.8, 4) is 17.4 Å². The molecule has 2 N–H and O–H groups in total. The normalized spacial score (nSPS) is 14.3. The van der Waals surface area contributed by atoms with Crippen molar-refractivity contribution in [2.75, 3.05) is 6.79 Å². The first-order valence-electron chi connectivity index (χ1n) is 11.8. The van der Waals surface area contributed by atoms with E-state index in [1.165, 1.54) is 32.6 Å². The van der Waals surface area contributed by atoms with Crippen molar-refractivity contribution in [2.24, 2.45) is 5.10 Å². The lowest BCUT2D eigenvalue weighted by atomic mass is 9.99. The molecule has 1 aliphatic heterocycles. The number of hydrogen-bond donors (Lipinski definition) is 2. The molecule has 2 aliphatic rings. The number of nitrogens with one attached hydrogen (secondary N) is 1. The lowest BCUT2D eigenvalue weighted by Crippen LogP contribution is -2.22. The Bertz CT molecular complexity index is 1560. The molecule has 9 heteroatoms. The molecule has 36 heavy (non-hydrogen) atoms. The van der Waals surface area contributed by atoms with E-state index in [9.17, 15) is 14.7 Å². The van der Waals surface area contributed by atoms with Crippen molar-refractivity contribution < 1.29 is 19.4 Å². The van der Waals surface area contributed by atoms with Gasteiger partial charge in [-0.1, -0.05) is 24.3 Å². The van der Waals surface area contributed by atoms with Crippen LogP contribution in [0.4, 0.5) is 0 Å². The van der Waals surface area contributed by atoms with Crippen LogP contribution in [0.1, 0.15) is 44.1 Å². The quantitative estimate of drug-likeness (QED) is 0.315. The van der Waals surface area contributed by atoms with Crippen LogP contribution < -0.4 is 20.5 Å². The van der Waals surface area contributed by atoms with Gasteiger partial charge in [-0.3, -0.25) is 14.2 Å². The molecule has 1 amide bonds. The summed E-state index contributed by atoms with van der Waals surface area (Å²) in [6.45, 7) is 0.278. The van der Waals surface area contributed by atoms with Crippen molar-refractivity contribution in [1.29, 1.82) is 0 Å². The third kappa shape index (κ3) is 4.01. The van der Waals surface area contributed by atoms with Crippen molar-refractivity contribution >= 4 is 34.2 Å².